The number of halogens is 1. The summed E-state index contributed by atoms with van der Waals surface area (Å²) in [5.74, 6) is 1.62. The lowest BCUT2D eigenvalue weighted by molar-refractivity contribution is 0.0717. The normalized spacial score (nSPS) is 10.6. The van der Waals surface area contributed by atoms with Crippen molar-refractivity contribution in [1.82, 2.24) is 4.90 Å². The van der Waals surface area contributed by atoms with Crippen molar-refractivity contribution >= 4 is 17.5 Å². The zero-order chi connectivity index (χ0) is 15.8. The zero-order valence-electron chi connectivity index (χ0n) is 13.2. The first-order valence-corrected chi connectivity index (χ1v) is 7.85. The molecule has 0 spiro atoms. The van der Waals surface area contributed by atoms with E-state index in [1.165, 1.54) is 0 Å². The van der Waals surface area contributed by atoms with E-state index >= 15 is 0 Å². The van der Waals surface area contributed by atoms with Crippen LogP contribution in [0.25, 0.3) is 0 Å². The smallest absolute Gasteiger partial charge is 0.254 e. The van der Waals surface area contributed by atoms with Crippen molar-refractivity contribution in [2.24, 2.45) is 0 Å². The molecule has 1 amide bonds. The third kappa shape index (κ3) is 4.81. The fourth-order valence-electron chi connectivity index (χ4n) is 2.04. The fourth-order valence-corrected chi connectivity index (χ4v) is 2.22. The highest BCUT2D eigenvalue weighted by atomic mass is 35.5. The van der Waals surface area contributed by atoms with Gasteiger partial charge in [-0.05, 0) is 45.9 Å². The minimum atomic E-state index is -0.0466. The molecule has 0 N–H and O–H groups in total. The minimum absolute atomic E-state index is 0.0466. The molecule has 118 valence electrons. The van der Waals surface area contributed by atoms with Gasteiger partial charge in [-0.3, -0.25) is 4.79 Å². The molecule has 1 aromatic carbocycles. The Morgan fingerprint density at radius 2 is 1.81 bits per heavy atom. The third-order valence-corrected chi connectivity index (χ3v) is 3.17. The van der Waals surface area contributed by atoms with Crippen molar-refractivity contribution < 1.29 is 14.3 Å². The first-order valence-electron chi connectivity index (χ1n) is 7.31. The van der Waals surface area contributed by atoms with Gasteiger partial charge in [0.2, 0.25) is 0 Å². The van der Waals surface area contributed by atoms with Crippen LogP contribution in [-0.2, 0) is 0 Å². The van der Waals surface area contributed by atoms with Crippen molar-refractivity contribution in [2.45, 2.75) is 33.7 Å². The quantitative estimate of drug-likeness (QED) is 0.689. The average molecular weight is 314 g/mol. The van der Waals surface area contributed by atoms with Crippen LogP contribution in [0.5, 0.6) is 11.5 Å². The monoisotopic (exact) mass is 313 g/mol. The molecule has 0 bridgehead atoms. The van der Waals surface area contributed by atoms with Crippen molar-refractivity contribution in [3.05, 3.63) is 23.8 Å². The predicted octanol–water partition coefficient (Wildman–Crippen LogP) is 3.57. The first-order chi connectivity index (χ1) is 10.0. The Morgan fingerprint density at radius 1 is 1.19 bits per heavy atom. The summed E-state index contributed by atoms with van der Waals surface area (Å²) in [7, 11) is 0. The van der Waals surface area contributed by atoms with E-state index in [4.69, 9.17) is 21.1 Å². The average Bonchev–Trinajstić information content (AvgIpc) is 2.46. The molecule has 21 heavy (non-hydrogen) atoms. The van der Waals surface area contributed by atoms with Crippen LogP contribution in [0.2, 0.25) is 0 Å². The number of alkyl halides is 1. The Bertz CT molecular complexity index is 463. The van der Waals surface area contributed by atoms with Crippen LogP contribution in [-0.4, -0.2) is 42.5 Å². The maximum absolute atomic E-state index is 12.6. The lowest BCUT2D eigenvalue weighted by atomic mass is 10.1. The van der Waals surface area contributed by atoms with Gasteiger partial charge in [0, 0.05) is 24.0 Å². The molecule has 0 heterocycles. The zero-order valence-corrected chi connectivity index (χ0v) is 13.9. The van der Waals surface area contributed by atoms with E-state index in [0.29, 0.717) is 42.7 Å². The van der Waals surface area contributed by atoms with Gasteiger partial charge in [0.05, 0.1) is 13.2 Å². The van der Waals surface area contributed by atoms with Gasteiger partial charge in [-0.15, -0.1) is 11.6 Å². The molecule has 0 unspecified atom stereocenters. The number of amides is 1. The lowest BCUT2D eigenvalue weighted by Gasteiger charge is -2.26. The summed E-state index contributed by atoms with van der Waals surface area (Å²) in [6.45, 7) is 9.36. The van der Waals surface area contributed by atoms with E-state index in [9.17, 15) is 4.79 Å². The molecule has 4 nitrogen and oxygen atoms in total. The Balaban J connectivity index is 3.06. The van der Waals surface area contributed by atoms with Crippen molar-refractivity contribution in [3.63, 3.8) is 0 Å². The summed E-state index contributed by atoms with van der Waals surface area (Å²) < 4.78 is 11.1. The van der Waals surface area contributed by atoms with Crippen LogP contribution in [0.15, 0.2) is 18.2 Å². The molecule has 1 aromatic rings. The number of benzene rings is 1. The van der Waals surface area contributed by atoms with Gasteiger partial charge < -0.3 is 14.4 Å². The third-order valence-electron chi connectivity index (χ3n) is 3.00. The second kappa shape index (κ2) is 8.78. The topological polar surface area (TPSA) is 38.8 Å². The van der Waals surface area contributed by atoms with Gasteiger partial charge in [0.1, 0.15) is 0 Å². The molecule has 0 aliphatic rings. The van der Waals surface area contributed by atoms with Crippen molar-refractivity contribution in [2.75, 3.05) is 25.6 Å². The standard InChI is InChI=1S/C16H24ClNO3/c1-5-20-14-8-7-13(11-15(14)21-6-2)16(19)18(10-9-17)12(3)4/h7-8,11-12H,5-6,9-10H2,1-4H3. The number of hydrogen-bond donors (Lipinski definition) is 0. The molecule has 0 aliphatic heterocycles. The first kappa shape index (κ1) is 17.6. The molecule has 1 rings (SSSR count). The number of rotatable bonds is 8. The van der Waals surface area contributed by atoms with Crippen LogP contribution in [0.3, 0.4) is 0 Å². The SMILES string of the molecule is CCOc1ccc(C(=O)N(CCCl)C(C)C)cc1OCC. The predicted molar refractivity (Wildman–Crippen MR) is 85.7 cm³/mol. The molecule has 0 atom stereocenters. The van der Waals surface area contributed by atoms with E-state index in [-0.39, 0.29) is 11.9 Å². The summed E-state index contributed by atoms with van der Waals surface area (Å²) in [6, 6.07) is 5.37. The Morgan fingerprint density at radius 3 is 2.33 bits per heavy atom. The van der Waals surface area contributed by atoms with E-state index in [2.05, 4.69) is 0 Å². The highest BCUT2D eigenvalue weighted by Crippen LogP contribution is 2.29. The minimum Gasteiger partial charge on any atom is -0.490 e. The number of carbonyl (C=O) groups excluding carboxylic acids is 1. The van der Waals surface area contributed by atoms with Gasteiger partial charge in [-0.25, -0.2) is 0 Å². The largest absolute Gasteiger partial charge is 0.490 e. The summed E-state index contributed by atoms with van der Waals surface area (Å²) in [5, 5.41) is 0. The molecular formula is C16H24ClNO3. The highest BCUT2D eigenvalue weighted by Gasteiger charge is 2.19. The second-order valence-electron chi connectivity index (χ2n) is 4.81. The molecule has 0 aliphatic carbocycles. The summed E-state index contributed by atoms with van der Waals surface area (Å²) >= 11 is 5.78. The second-order valence-corrected chi connectivity index (χ2v) is 5.19. The molecule has 0 fully saturated rings. The fraction of sp³-hybridized carbons (Fsp3) is 0.562. The summed E-state index contributed by atoms with van der Waals surface area (Å²) in [5.41, 5.74) is 0.584. The number of nitrogens with zero attached hydrogens (tertiary/aromatic N) is 1. The Kier molecular flexibility index (Phi) is 7.37. The van der Waals surface area contributed by atoms with E-state index < -0.39 is 0 Å². The summed E-state index contributed by atoms with van der Waals surface area (Å²) in [4.78, 5) is 14.3. The molecular weight excluding hydrogens is 290 g/mol. The molecule has 5 heteroatoms. The number of hydrogen-bond acceptors (Lipinski definition) is 3. The number of ether oxygens (including phenoxy) is 2. The van der Waals surface area contributed by atoms with Crippen molar-refractivity contribution in [3.8, 4) is 11.5 Å². The van der Waals surface area contributed by atoms with Gasteiger partial charge >= 0.3 is 0 Å². The molecule has 0 radical (unpaired) electrons. The van der Waals surface area contributed by atoms with E-state index in [1.54, 1.807) is 23.1 Å². The number of carbonyl (C=O) groups is 1. The van der Waals surface area contributed by atoms with Crippen molar-refractivity contribution in [1.29, 1.82) is 0 Å². The van der Waals surface area contributed by atoms with Gasteiger partial charge in [-0.2, -0.15) is 0 Å². The Labute approximate surface area is 132 Å². The van der Waals surface area contributed by atoms with E-state index in [1.807, 2.05) is 27.7 Å². The van der Waals surface area contributed by atoms with E-state index in [0.717, 1.165) is 0 Å². The van der Waals surface area contributed by atoms with Crippen LogP contribution >= 0.6 is 11.6 Å². The maximum Gasteiger partial charge on any atom is 0.254 e. The van der Waals surface area contributed by atoms with Crippen LogP contribution in [0.4, 0.5) is 0 Å². The van der Waals surface area contributed by atoms with Crippen LogP contribution < -0.4 is 9.47 Å². The molecule has 0 saturated carbocycles. The Hall–Kier alpha value is -1.42. The van der Waals surface area contributed by atoms with Gasteiger partial charge in [-0.1, -0.05) is 0 Å². The van der Waals surface area contributed by atoms with Gasteiger partial charge in [0.25, 0.3) is 5.91 Å². The highest BCUT2D eigenvalue weighted by molar-refractivity contribution is 6.18. The molecule has 0 aromatic heterocycles. The maximum atomic E-state index is 12.6. The lowest BCUT2D eigenvalue weighted by Crippen LogP contribution is -2.38. The van der Waals surface area contributed by atoms with Gasteiger partial charge in [0.15, 0.2) is 11.5 Å². The van der Waals surface area contributed by atoms with Crippen LogP contribution in [0.1, 0.15) is 38.1 Å². The molecule has 0 saturated heterocycles. The van der Waals surface area contributed by atoms with Crippen LogP contribution in [0, 0.1) is 0 Å². The summed E-state index contributed by atoms with van der Waals surface area (Å²) in [6.07, 6.45) is 0.